The maximum atomic E-state index is 5.59. The normalized spacial score (nSPS) is 15.1. The second-order valence-electron chi connectivity index (χ2n) is 4.30. The first-order valence-corrected chi connectivity index (χ1v) is 6.18. The molecule has 1 aliphatic rings. The lowest BCUT2D eigenvalue weighted by atomic mass is 9.91. The molecule has 0 N–H and O–H groups in total. The van der Waals surface area contributed by atoms with Crippen molar-refractivity contribution in [2.75, 3.05) is 13.2 Å². The minimum atomic E-state index is 0.431. The Hall–Kier alpha value is -1.62. The van der Waals surface area contributed by atoms with Crippen LogP contribution in [0.5, 0.6) is 11.5 Å². The van der Waals surface area contributed by atoms with E-state index in [-0.39, 0.29) is 0 Å². The third kappa shape index (κ3) is 2.74. The molecule has 0 amide bonds. The second-order valence-corrected chi connectivity index (χ2v) is 4.30. The Labute approximate surface area is 103 Å². The number of ether oxygens (including phenoxy) is 2. The summed E-state index contributed by atoms with van der Waals surface area (Å²) in [6.45, 7) is 3.45. The second kappa shape index (κ2) is 5.63. The van der Waals surface area contributed by atoms with Crippen LogP contribution >= 0.6 is 0 Å². The molecule has 1 aromatic rings. The summed E-state index contributed by atoms with van der Waals surface area (Å²) >= 11 is 0. The summed E-state index contributed by atoms with van der Waals surface area (Å²) in [6, 6.07) is 6.17. The molecule has 1 heterocycles. The highest BCUT2D eigenvalue weighted by molar-refractivity contribution is 5.45. The van der Waals surface area contributed by atoms with Gasteiger partial charge >= 0.3 is 0 Å². The number of hydrogen-bond donors (Lipinski definition) is 0. The summed E-state index contributed by atoms with van der Waals surface area (Å²) in [5.41, 5.74) is 1.26. The molecule has 1 atom stereocenters. The van der Waals surface area contributed by atoms with Gasteiger partial charge in [-0.15, -0.1) is 12.3 Å². The molecule has 0 fully saturated rings. The van der Waals surface area contributed by atoms with E-state index in [0.29, 0.717) is 19.1 Å². The van der Waals surface area contributed by atoms with Gasteiger partial charge < -0.3 is 9.47 Å². The van der Waals surface area contributed by atoms with E-state index in [0.717, 1.165) is 30.8 Å². The van der Waals surface area contributed by atoms with E-state index in [9.17, 15) is 0 Å². The first-order chi connectivity index (χ1) is 8.35. The molecule has 2 nitrogen and oxygen atoms in total. The summed E-state index contributed by atoms with van der Waals surface area (Å²) in [4.78, 5) is 0. The predicted molar refractivity (Wildman–Crippen MR) is 68.5 cm³/mol. The van der Waals surface area contributed by atoms with Crippen LogP contribution in [-0.4, -0.2) is 13.2 Å². The molecule has 0 bridgehead atoms. The molecule has 0 saturated carbocycles. The summed E-state index contributed by atoms with van der Waals surface area (Å²) < 4.78 is 11.1. The first kappa shape index (κ1) is 11.9. The number of terminal acetylenes is 1. The number of rotatable bonds is 4. The van der Waals surface area contributed by atoms with Crippen molar-refractivity contribution >= 4 is 0 Å². The molecule has 1 aliphatic heterocycles. The molecule has 2 rings (SSSR count). The third-order valence-electron chi connectivity index (χ3n) is 3.04. The quantitative estimate of drug-likeness (QED) is 0.738. The number of hydrogen-bond acceptors (Lipinski definition) is 2. The molecule has 0 aromatic heterocycles. The Morgan fingerprint density at radius 3 is 2.76 bits per heavy atom. The number of fused-ring (bicyclic) bond motifs is 1. The largest absolute Gasteiger partial charge is 0.486 e. The minimum Gasteiger partial charge on any atom is -0.486 e. The van der Waals surface area contributed by atoms with E-state index in [1.54, 1.807) is 0 Å². The van der Waals surface area contributed by atoms with Gasteiger partial charge in [0.05, 0.1) is 0 Å². The molecule has 2 heteroatoms. The van der Waals surface area contributed by atoms with Gasteiger partial charge in [-0.1, -0.05) is 19.4 Å². The zero-order valence-corrected chi connectivity index (χ0v) is 10.2. The molecule has 1 unspecified atom stereocenters. The Kier molecular flexibility index (Phi) is 3.93. The van der Waals surface area contributed by atoms with E-state index >= 15 is 0 Å². The molecule has 0 spiro atoms. The van der Waals surface area contributed by atoms with Crippen molar-refractivity contribution in [2.24, 2.45) is 0 Å². The average Bonchev–Trinajstić information content (AvgIpc) is 2.38. The van der Waals surface area contributed by atoms with Crippen molar-refractivity contribution in [1.29, 1.82) is 0 Å². The fourth-order valence-electron chi connectivity index (χ4n) is 2.19. The smallest absolute Gasteiger partial charge is 0.161 e. The lowest BCUT2D eigenvalue weighted by Gasteiger charge is -2.21. The van der Waals surface area contributed by atoms with Gasteiger partial charge in [0, 0.05) is 6.42 Å². The van der Waals surface area contributed by atoms with Gasteiger partial charge in [-0.2, -0.15) is 0 Å². The lowest BCUT2D eigenvalue weighted by molar-refractivity contribution is 0.171. The Morgan fingerprint density at radius 1 is 1.29 bits per heavy atom. The topological polar surface area (TPSA) is 18.5 Å². The highest BCUT2D eigenvalue weighted by Gasteiger charge is 2.15. The van der Waals surface area contributed by atoms with E-state index in [4.69, 9.17) is 15.9 Å². The molecule has 0 aliphatic carbocycles. The highest BCUT2D eigenvalue weighted by Crippen LogP contribution is 2.35. The predicted octanol–water partition coefficient (Wildman–Crippen LogP) is 3.36. The minimum absolute atomic E-state index is 0.431. The van der Waals surface area contributed by atoms with E-state index in [1.165, 1.54) is 5.56 Å². The van der Waals surface area contributed by atoms with Gasteiger partial charge in [0.15, 0.2) is 11.5 Å². The van der Waals surface area contributed by atoms with E-state index in [1.807, 2.05) is 6.07 Å². The van der Waals surface area contributed by atoms with Crippen LogP contribution < -0.4 is 9.47 Å². The average molecular weight is 230 g/mol. The summed E-state index contributed by atoms with van der Waals surface area (Å²) in [5, 5.41) is 0. The molecule has 0 radical (unpaired) electrons. The fourth-order valence-corrected chi connectivity index (χ4v) is 2.19. The van der Waals surface area contributed by atoms with Gasteiger partial charge in [0.2, 0.25) is 0 Å². The molecule has 90 valence electrons. The van der Waals surface area contributed by atoms with Gasteiger partial charge in [0.25, 0.3) is 0 Å². The lowest BCUT2D eigenvalue weighted by Crippen LogP contribution is -2.15. The van der Waals surface area contributed by atoms with Crippen molar-refractivity contribution in [3.8, 4) is 23.8 Å². The van der Waals surface area contributed by atoms with Crippen molar-refractivity contribution in [1.82, 2.24) is 0 Å². The Balaban J connectivity index is 2.22. The third-order valence-corrected chi connectivity index (χ3v) is 3.04. The van der Waals surface area contributed by atoms with Crippen molar-refractivity contribution < 1.29 is 9.47 Å². The van der Waals surface area contributed by atoms with Crippen molar-refractivity contribution in [3.05, 3.63) is 23.8 Å². The van der Waals surface area contributed by atoms with Crippen LogP contribution in [0.2, 0.25) is 0 Å². The SMILES string of the molecule is C#CCC(CCC)c1ccc2c(c1)OCCO2. The summed E-state index contributed by atoms with van der Waals surface area (Å²) in [7, 11) is 0. The molecular formula is C15H18O2. The maximum Gasteiger partial charge on any atom is 0.161 e. The zero-order chi connectivity index (χ0) is 12.1. The van der Waals surface area contributed by atoms with Crippen LogP contribution in [0.25, 0.3) is 0 Å². The standard InChI is InChI=1S/C15H18O2/c1-3-5-12(6-4-2)13-7-8-14-15(11-13)17-10-9-16-14/h1,7-8,11-12H,4-6,9-10H2,2H3. The van der Waals surface area contributed by atoms with Crippen LogP contribution in [-0.2, 0) is 0 Å². The van der Waals surface area contributed by atoms with Crippen LogP contribution in [0.1, 0.15) is 37.7 Å². The van der Waals surface area contributed by atoms with Gasteiger partial charge in [-0.25, -0.2) is 0 Å². The van der Waals surface area contributed by atoms with Crippen LogP contribution in [0.4, 0.5) is 0 Å². The molecular weight excluding hydrogens is 212 g/mol. The fraction of sp³-hybridized carbons (Fsp3) is 0.467. The van der Waals surface area contributed by atoms with Crippen LogP contribution in [0, 0.1) is 12.3 Å². The van der Waals surface area contributed by atoms with Gasteiger partial charge in [-0.05, 0) is 30.0 Å². The number of benzene rings is 1. The van der Waals surface area contributed by atoms with E-state index in [2.05, 4.69) is 25.0 Å². The van der Waals surface area contributed by atoms with Gasteiger partial charge in [0.1, 0.15) is 13.2 Å². The zero-order valence-electron chi connectivity index (χ0n) is 10.2. The summed E-state index contributed by atoms with van der Waals surface area (Å²) in [6.07, 6.45) is 8.47. The maximum absolute atomic E-state index is 5.59. The molecule has 17 heavy (non-hydrogen) atoms. The molecule has 0 saturated heterocycles. The summed E-state index contributed by atoms with van der Waals surface area (Å²) in [5.74, 6) is 4.89. The monoisotopic (exact) mass is 230 g/mol. The van der Waals surface area contributed by atoms with Crippen LogP contribution in [0.3, 0.4) is 0 Å². The Morgan fingerprint density at radius 2 is 2.06 bits per heavy atom. The van der Waals surface area contributed by atoms with Crippen molar-refractivity contribution in [3.63, 3.8) is 0 Å². The van der Waals surface area contributed by atoms with Crippen LogP contribution in [0.15, 0.2) is 18.2 Å². The Bertz CT molecular complexity index is 417. The van der Waals surface area contributed by atoms with Crippen molar-refractivity contribution in [2.45, 2.75) is 32.1 Å². The highest BCUT2D eigenvalue weighted by atomic mass is 16.6. The molecule has 1 aromatic carbocycles. The van der Waals surface area contributed by atoms with Gasteiger partial charge in [-0.3, -0.25) is 0 Å². The first-order valence-electron chi connectivity index (χ1n) is 6.18. The van der Waals surface area contributed by atoms with E-state index < -0.39 is 0 Å².